The Morgan fingerprint density at radius 1 is 1.12 bits per heavy atom. The Kier molecular flexibility index (Phi) is 6.10. The van der Waals surface area contributed by atoms with E-state index in [0.29, 0.717) is 15.6 Å². The number of carbonyl (C=O) groups excluding carboxylic acids is 1. The fourth-order valence-electron chi connectivity index (χ4n) is 3.27. The van der Waals surface area contributed by atoms with E-state index in [0.717, 1.165) is 24.6 Å². The summed E-state index contributed by atoms with van der Waals surface area (Å²) in [4.78, 5) is 14.9. The summed E-state index contributed by atoms with van der Waals surface area (Å²) >= 11 is 12.0. The van der Waals surface area contributed by atoms with E-state index in [1.165, 1.54) is 18.5 Å². The molecule has 2 aromatic carbocycles. The van der Waals surface area contributed by atoms with Crippen molar-refractivity contribution in [3.63, 3.8) is 0 Å². The summed E-state index contributed by atoms with van der Waals surface area (Å²) in [6.45, 7) is 6.51. The molecule has 1 N–H and O–H groups in total. The maximum Gasteiger partial charge on any atom is 0.253 e. The predicted molar refractivity (Wildman–Crippen MR) is 109 cm³/mol. The zero-order chi connectivity index (χ0) is 18.7. The SMILES string of the molecule is CC1CCN(c2ccc([C@@H](C)NC(=O)c3ccc(Cl)cc3Cl)cc2)CC1. The van der Waals surface area contributed by atoms with Crippen LogP contribution in [0.15, 0.2) is 42.5 Å². The Hall–Kier alpha value is -1.71. The molecule has 3 nitrogen and oxygen atoms in total. The molecule has 0 aromatic heterocycles. The number of carbonyl (C=O) groups is 1. The van der Waals surface area contributed by atoms with Gasteiger partial charge < -0.3 is 10.2 Å². The first-order chi connectivity index (χ1) is 12.4. The quantitative estimate of drug-likeness (QED) is 0.723. The van der Waals surface area contributed by atoms with E-state index in [1.807, 2.05) is 6.92 Å². The van der Waals surface area contributed by atoms with Gasteiger partial charge in [-0.2, -0.15) is 0 Å². The van der Waals surface area contributed by atoms with Crippen molar-refractivity contribution in [3.05, 3.63) is 63.6 Å². The highest BCUT2D eigenvalue weighted by atomic mass is 35.5. The van der Waals surface area contributed by atoms with Crippen molar-refractivity contribution < 1.29 is 4.79 Å². The third kappa shape index (κ3) is 4.52. The van der Waals surface area contributed by atoms with E-state index >= 15 is 0 Å². The lowest BCUT2D eigenvalue weighted by molar-refractivity contribution is 0.0940. The van der Waals surface area contributed by atoms with E-state index in [4.69, 9.17) is 23.2 Å². The molecule has 1 fully saturated rings. The third-order valence-electron chi connectivity index (χ3n) is 5.07. The van der Waals surface area contributed by atoms with Gasteiger partial charge in [-0.15, -0.1) is 0 Å². The van der Waals surface area contributed by atoms with Crippen LogP contribution in [0.5, 0.6) is 0 Å². The minimum absolute atomic E-state index is 0.107. The molecular formula is C21H24Cl2N2O. The van der Waals surface area contributed by atoms with Crippen LogP contribution in [0.25, 0.3) is 0 Å². The second kappa shape index (κ2) is 8.32. The fourth-order valence-corrected chi connectivity index (χ4v) is 3.77. The first kappa shape index (κ1) is 19.1. The van der Waals surface area contributed by atoms with Crippen molar-refractivity contribution in [1.82, 2.24) is 5.32 Å². The van der Waals surface area contributed by atoms with Gasteiger partial charge in [0.25, 0.3) is 5.91 Å². The van der Waals surface area contributed by atoms with Gasteiger partial charge in [0, 0.05) is 23.8 Å². The van der Waals surface area contributed by atoms with Gasteiger partial charge in [-0.25, -0.2) is 0 Å². The fraction of sp³-hybridized carbons (Fsp3) is 0.381. The van der Waals surface area contributed by atoms with Crippen LogP contribution in [0.4, 0.5) is 5.69 Å². The molecule has 1 aliphatic rings. The van der Waals surface area contributed by atoms with Gasteiger partial charge in [0.15, 0.2) is 0 Å². The topological polar surface area (TPSA) is 32.3 Å². The number of amides is 1. The smallest absolute Gasteiger partial charge is 0.253 e. The van der Waals surface area contributed by atoms with Crippen LogP contribution >= 0.6 is 23.2 Å². The molecule has 0 unspecified atom stereocenters. The molecule has 0 spiro atoms. The molecule has 1 amide bonds. The molecule has 138 valence electrons. The summed E-state index contributed by atoms with van der Waals surface area (Å²) in [7, 11) is 0. The monoisotopic (exact) mass is 390 g/mol. The second-order valence-corrected chi connectivity index (χ2v) is 7.92. The molecule has 3 rings (SSSR count). The van der Waals surface area contributed by atoms with Gasteiger partial charge in [-0.05, 0) is 61.6 Å². The normalized spacial score (nSPS) is 16.4. The molecule has 1 atom stereocenters. The maximum absolute atomic E-state index is 12.5. The Balaban J connectivity index is 1.64. The summed E-state index contributed by atoms with van der Waals surface area (Å²) in [5.41, 5.74) is 2.75. The molecule has 2 aromatic rings. The van der Waals surface area contributed by atoms with Crippen molar-refractivity contribution >= 4 is 34.8 Å². The Bertz CT molecular complexity index is 768. The number of rotatable bonds is 4. The van der Waals surface area contributed by atoms with Crippen LogP contribution in [0.2, 0.25) is 10.0 Å². The van der Waals surface area contributed by atoms with Gasteiger partial charge >= 0.3 is 0 Å². The summed E-state index contributed by atoms with van der Waals surface area (Å²) < 4.78 is 0. The predicted octanol–water partition coefficient (Wildman–Crippen LogP) is 5.72. The molecule has 1 aliphatic heterocycles. The molecule has 0 bridgehead atoms. The number of nitrogens with zero attached hydrogens (tertiary/aromatic N) is 1. The van der Waals surface area contributed by atoms with Gasteiger partial charge in [-0.1, -0.05) is 42.3 Å². The van der Waals surface area contributed by atoms with Crippen LogP contribution in [-0.2, 0) is 0 Å². The van der Waals surface area contributed by atoms with Crippen LogP contribution in [-0.4, -0.2) is 19.0 Å². The van der Waals surface area contributed by atoms with Crippen LogP contribution < -0.4 is 10.2 Å². The number of piperidine rings is 1. The number of nitrogens with one attached hydrogen (secondary N) is 1. The van der Waals surface area contributed by atoms with E-state index in [1.54, 1.807) is 18.2 Å². The lowest BCUT2D eigenvalue weighted by atomic mass is 9.98. The Morgan fingerprint density at radius 3 is 2.38 bits per heavy atom. The van der Waals surface area contributed by atoms with Crippen molar-refractivity contribution in [3.8, 4) is 0 Å². The highest BCUT2D eigenvalue weighted by Gasteiger charge is 2.17. The van der Waals surface area contributed by atoms with Crippen LogP contribution in [0, 0.1) is 5.92 Å². The van der Waals surface area contributed by atoms with Gasteiger partial charge in [0.1, 0.15) is 0 Å². The summed E-state index contributed by atoms with van der Waals surface area (Å²) in [5.74, 6) is 0.619. The zero-order valence-corrected chi connectivity index (χ0v) is 16.6. The Morgan fingerprint density at radius 2 is 1.77 bits per heavy atom. The van der Waals surface area contributed by atoms with Crippen molar-refractivity contribution in [2.45, 2.75) is 32.7 Å². The highest BCUT2D eigenvalue weighted by Crippen LogP contribution is 2.25. The largest absolute Gasteiger partial charge is 0.372 e. The first-order valence-corrected chi connectivity index (χ1v) is 9.80. The molecule has 26 heavy (non-hydrogen) atoms. The molecular weight excluding hydrogens is 367 g/mol. The van der Waals surface area contributed by atoms with E-state index in [2.05, 4.69) is 41.4 Å². The standard InChI is InChI=1S/C21H24Cl2N2O/c1-14-9-11-25(12-10-14)18-6-3-16(4-7-18)15(2)24-21(26)19-8-5-17(22)13-20(19)23/h3-8,13-15H,9-12H2,1-2H3,(H,24,26)/t15-/m1/s1. The zero-order valence-electron chi connectivity index (χ0n) is 15.1. The summed E-state index contributed by atoms with van der Waals surface area (Å²) in [6, 6.07) is 13.2. The van der Waals surface area contributed by atoms with E-state index < -0.39 is 0 Å². The number of anilines is 1. The minimum atomic E-state index is -0.201. The summed E-state index contributed by atoms with van der Waals surface area (Å²) in [5, 5.41) is 3.87. The van der Waals surface area contributed by atoms with Crippen molar-refractivity contribution in [2.24, 2.45) is 5.92 Å². The number of halogens is 2. The number of hydrogen-bond donors (Lipinski definition) is 1. The average molecular weight is 391 g/mol. The molecule has 0 radical (unpaired) electrons. The minimum Gasteiger partial charge on any atom is -0.372 e. The van der Waals surface area contributed by atoms with Gasteiger partial charge in [0.2, 0.25) is 0 Å². The molecule has 0 aliphatic carbocycles. The van der Waals surface area contributed by atoms with E-state index in [-0.39, 0.29) is 11.9 Å². The first-order valence-electron chi connectivity index (χ1n) is 9.05. The van der Waals surface area contributed by atoms with Crippen LogP contribution in [0.1, 0.15) is 48.7 Å². The second-order valence-electron chi connectivity index (χ2n) is 7.08. The molecule has 0 saturated carbocycles. The Labute approximate surface area is 165 Å². The number of hydrogen-bond acceptors (Lipinski definition) is 2. The van der Waals surface area contributed by atoms with Gasteiger partial charge in [-0.3, -0.25) is 4.79 Å². The lowest BCUT2D eigenvalue weighted by Gasteiger charge is -2.32. The third-order valence-corrected chi connectivity index (χ3v) is 5.61. The van der Waals surface area contributed by atoms with E-state index in [9.17, 15) is 4.79 Å². The molecule has 1 heterocycles. The highest BCUT2D eigenvalue weighted by molar-refractivity contribution is 6.36. The van der Waals surface area contributed by atoms with Crippen molar-refractivity contribution in [1.29, 1.82) is 0 Å². The summed E-state index contributed by atoms with van der Waals surface area (Å²) in [6.07, 6.45) is 2.49. The van der Waals surface area contributed by atoms with Gasteiger partial charge in [0.05, 0.1) is 16.6 Å². The number of benzene rings is 2. The van der Waals surface area contributed by atoms with Crippen LogP contribution in [0.3, 0.4) is 0 Å². The lowest BCUT2D eigenvalue weighted by Crippen LogP contribution is -2.32. The maximum atomic E-state index is 12.5. The molecule has 1 saturated heterocycles. The molecule has 5 heteroatoms. The van der Waals surface area contributed by atoms with Crippen molar-refractivity contribution in [2.75, 3.05) is 18.0 Å². The average Bonchev–Trinajstić information content (AvgIpc) is 2.62.